The van der Waals surface area contributed by atoms with Gasteiger partial charge in [0, 0.05) is 36.7 Å². The van der Waals surface area contributed by atoms with E-state index in [9.17, 15) is 9.59 Å². The predicted molar refractivity (Wildman–Crippen MR) is 142 cm³/mol. The molecule has 3 aromatic rings. The number of pyridine rings is 1. The van der Waals surface area contributed by atoms with Crippen LogP contribution >= 0.6 is 11.8 Å². The number of amides is 2. The van der Waals surface area contributed by atoms with Crippen molar-refractivity contribution >= 4 is 34.9 Å². The third-order valence-electron chi connectivity index (χ3n) is 6.52. The molecule has 9 heteroatoms. The quantitative estimate of drug-likeness (QED) is 0.385. The van der Waals surface area contributed by atoms with Crippen molar-refractivity contribution in [3.63, 3.8) is 0 Å². The second-order valence-corrected chi connectivity index (χ2v) is 10.1. The highest BCUT2D eigenvalue weighted by Gasteiger charge is 2.25. The lowest BCUT2D eigenvalue weighted by atomic mass is 9.86. The van der Waals surface area contributed by atoms with Crippen molar-refractivity contribution in [2.75, 3.05) is 11.9 Å². The maximum absolute atomic E-state index is 11.8. The van der Waals surface area contributed by atoms with Crippen LogP contribution in [0.4, 0.5) is 10.7 Å². The number of anilines is 1. The number of nitrogens with one attached hydrogen (secondary N) is 3. The molecule has 2 amide bonds. The van der Waals surface area contributed by atoms with Crippen molar-refractivity contribution in [3.8, 4) is 11.1 Å². The molecule has 5 rings (SSSR count). The average Bonchev–Trinajstić information content (AvgIpc) is 3.22. The fraction of sp³-hybridized carbons (Fsp3) is 0.296. The van der Waals surface area contributed by atoms with Crippen molar-refractivity contribution < 1.29 is 9.59 Å². The van der Waals surface area contributed by atoms with Crippen LogP contribution in [-0.4, -0.2) is 38.7 Å². The van der Waals surface area contributed by atoms with Gasteiger partial charge in [0.25, 0.3) is 11.1 Å². The number of rotatable bonds is 8. The van der Waals surface area contributed by atoms with Crippen molar-refractivity contribution in [1.82, 2.24) is 25.6 Å². The lowest BCUT2D eigenvalue weighted by molar-refractivity contribution is -0.115. The number of nitrogens with zero attached hydrogens (tertiary/aromatic N) is 3. The van der Waals surface area contributed by atoms with E-state index in [1.54, 1.807) is 24.5 Å². The molecule has 1 saturated heterocycles. The summed E-state index contributed by atoms with van der Waals surface area (Å²) in [6.45, 7) is 1.83. The third-order valence-corrected chi connectivity index (χ3v) is 7.33. The van der Waals surface area contributed by atoms with Crippen LogP contribution in [0.15, 0.2) is 66.0 Å². The zero-order valence-electron chi connectivity index (χ0n) is 19.8. The number of carbonyl (C=O) groups is 2. The number of hydrogen-bond donors (Lipinski definition) is 3. The van der Waals surface area contributed by atoms with Crippen LogP contribution in [0.2, 0.25) is 0 Å². The number of carbonyl (C=O) groups excluding carboxylic acids is 2. The Kier molecular flexibility index (Phi) is 7.68. The molecule has 2 fully saturated rings. The summed E-state index contributed by atoms with van der Waals surface area (Å²) in [7, 11) is 0. The van der Waals surface area contributed by atoms with Crippen LogP contribution in [0, 0.1) is 5.92 Å². The third kappa shape index (κ3) is 6.16. The van der Waals surface area contributed by atoms with E-state index >= 15 is 0 Å². The second kappa shape index (κ2) is 11.5. The molecule has 0 unspecified atom stereocenters. The Morgan fingerprint density at radius 1 is 1.03 bits per heavy atom. The van der Waals surface area contributed by atoms with Gasteiger partial charge in [-0.05, 0) is 79.2 Å². The minimum Gasteiger partial charge on any atom is -0.351 e. The van der Waals surface area contributed by atoms with E-state index in [1.165, 1.54) is 11.1 Å². The van der Waals surface area contributed by atoms with E-state index in [2.05, 4.69) is 61.2 Å². The zero-order chi connectivity index (χ0) is 24.7. The highest BCUT2D eigenvalue weighted by atomic mass is 32.2. The molecule has 36 heavy (non-hydrogen) atoms. The Morgan fingerprint density at radius 3 is 2.67 bits per heavy atom. The first-order valence-corrected chi connectivity index (χ1v) is 13.0. The van der Waals surface area contributed by atoms with Gasteiger partial charge in [-0.3, -0.25) is 19.9 Å². The number of benzene rings is 1. The van der Waals surface area contributed by atoms with Gasteiger partial charge in [0.1, 0.15) is 0 Å². The smallest absolute Gasteiger partial charge is 0.290 e. The van der Waals surface area contributed by atoms with Gasteiger partial charge in [-0.1, -0.05) is 30.3 Å². The lowest BCUT2D eigenvalue weighted by Gasteiger charge is -2.29. The minimum absolute atomic E-state index is 0.321. The summed E-state index contributed by atoms with van der Waals surface area (Å²) in [5.41, 5.74) is 4.25. The summed E-state index contributed by atoms with van der Waals surface area (Å²) in [6.07, 6.45) is 11.4. The summed E-state index contributed by atoms with van der Waals surface area (Å²) in [4.78, 5) is 36.6. The van der Waals surface area contributed by atoms with Gasteiger partial charge < -0.3 is 10.6 Å². The molecule has 2 aromatic heterocycles. The molecule has 0 bridgehead atoms. The van der Waals surface area contributed by atoms with Gasteiger partial charge in [0.05, 0.1) is 10.6 Å². The van der Waals surface area contributed by atoms with Crippen molar-refractivity contribution in [2.45, 2.75) is 38.3 Å². The van der Waals surface area contributed by atoms with Gasteiger partial charge in [-0.25, -0.2) is 9.97 Å². The SMILES string of the molecule is O=C1NC(=O)/C(=C/c2ccnc(N[C@H]3CC[C@H](CNCc4ccccc4-c4cccnc4)CC3)n2)S1. The molecule has 2 aliphatic rings. The predicted octanol–water partition coefficient (Wildman–Crippen LogP) is 4.62. The Bertz CT molecular complexity index is 1260. The molecule has 3 heterocycles. The topological polar surface area (TPSA) is 109 Å². The highest BCUT2D eigenvalue weighted by molar-refractivity contribution is 8.18. The summed E-state index contributed by atoms with van der Waals surface area (Å²) >= 11 is 0.887. The zero-order valence-corrected chi connectivity index (χ0v) is 20.6. The summed E-state index contributed by atoms with van der Waals surface area (Å²) < 4.78 is 0. The summed E-state index contributed by atoms with van der Waals surface area (Å²) in [5, 5.41) is 9.00. The monoisotopic (exact) mass is 500 g/mol. The van der Waals surface area contributed by atoms with Crippen molar-refractivity contribution in [1.29, 1.82) is 0 Å². The molecule has 184 valence electrons. The Morgan fingerprint density at radius 2 is 1.89 bits per heavy atom. The number of thioether (sulfide) groups is 1. The van der Waals surface area contributed by atoms with E-state index in [1.807, 2.05) is 12.3 Å². The van der Waals surface area contributed by atoms with Gasteiger partial charge in [-0.15, -0.1) is 0 Å². The van der Waals surface area contributed by atoms with Gasteiger partial charge in [-0.2, -0.15) is 0 Å². The van der Waals surface area contributed by atoms with Crippen LogP contribution in [0.3, 0.4) is 0 Å². The van der Waals surface area contributed by atoms with E-state index < -0.39 is 0 Å². The maximum atomic E-state index is 11.8. The summed E-state index contributed by atoms with van der Waals surface area (Å²) in [6, 6.07) is 14.6. The van der Waals surface area contributed by atoms with Crippen LogP contribution in [0.25, 0.3) is 17.2 Å². The lowest BCUT2D eigenvalue weighted by Crippen LogP contribution is -2.31. The molecule has 1 aromatic carbocycles. The second-order valence-electron chi connectivity index (χ2n) is 9.05. The van der Waals surface area contributed by atoms with E-state index in [4.69, 9.17) is 0 Å². The molecule has 0 radical (unpaired) electrons. The Labute approximate surface area is 214 Å². The fourth-order valence-corrected chi connectivity index (χ4v) is 5.33. The van der Waals surface area contributed by atoms with Gasteiger partial charge >= 0.3 is 0 Å². The van der Waals surface area contributed by atoms with E-state index in [0.717, 1.165) is 56.1 Å². The highest BCUT2D eigenvalue weighted by Crippen LogP contribution is 2.28. The first-order chi connectivity index (χ1) is 17.6. The fourth-order valence-electron chi connectivity index (χ4n) is 4.66. The standard InChI is InChI=1S/C27H28N6O2S/c34-25-24(36-27(35)33-25)14-22-11-13-30-26(32-22)31-21-9-7-18(8-10-21)15-29-17-19-4-1-2-6-23(19)20-5-3-12-28-16-20/h1-6,11-14,16,18,21,29H,7-10,15,17H2,(H,30,31,32)(H,33,34,35)/b24-14-/t18-,21-. The summed E-state index contributed by atoms with van der Waals surface area (Å²) in [5.74, 6) is 0.805. The molecule has 8 nitrogen and oxygen atoms in total. The number of hydrogen-bond acceptors (Lipinski definition) is 8. The van der Waals surface area contributed by atoms with E-state index in [0.29, 0.717) is 28.5 Å². The first-order valence-electron chi connectivity index (χ1n) is 12.2. The minimum atomic E-state index is -0.384. The van der Waals surface area contributed by atoms with E-state index in [-0.39, 0.29) is 11.1 Å². The molecular weight excluding hydrogens is 472 g/mol. The normalized spacial score (nSPS) is 20.9. The molecule has 1 saturated carbocycles. The molecular formula is C27H28N6O2S. The largest absolute Gasteiger partial charge is 0.351 e. The molecule has 1 aliphatic carbocycles. The Hall–Kier alpha value is -3.56. The molecule has 1 aliphatic heterocycles. The average molecular weight is 501 g/mol. The van der Waals surface area contributed by atoms with Crippen molar-refractivity contribution in [2.24, 2.45) is 5.92 Å². The molecule has 0 spiro atoms. The van der Waals surface area contributed by atoms with Crippen molar-refractivity contribution in [3.05, 3.63) is 77.2 Å². The molecule has 3 N–H and O–H groups in total. The van der Waals surface area contributed by atoms with Crippen LogP contribution in [0.1, 0.15) is 36.9 Å². The van der Waals surface area contributed by atoms with Crippen LogP contribution in [0.5, 0.6) is 0 Å². The Balaban J connectivity index is 1.09. The van der Waals surface area contributed by atoms with Crippen LogP contribution in [-0.2, 0) is 11.3 Å². The van der Waals surface area contributed by atoms with Gasteiger partial charge in [0.15, 0.2) is 0 Å². The van der Waals surface area contributed by atoms with Crippen LogP contribution < -0.4 is 16.0 Å². The van der Waals surface area contributed by atoms with Gasteiger partial charge in [0.2, 0.25) is 5.95 Å². The molecule has 0 atom stereocenters. The maximum Gasteiger partial charge on any atom is 0.290 e. The number of imide groups is 1. The number of aromatic nitrogens is 3. The first kappa shape index (κ1) is 24.1.